The average molecular weight is 266 g/mol. The third-order valence-corrected chi connectivity index (χ3v) is 3.33. The van der Waals surface area contributed by atoms with Gasteiger partial charge in [0, 0.05) is 10.5 Å². The second-order valence-corrected chi connectivity index (χ2v) is 4.70. The highest BCUT2D eigenvalue weighted by molar-refractivity contribution is 5.55. The molecule has 20 heavy (non-hydrogen) atoms. The van der Waals surface area contributed by atoms with E-state index in [9.17, 15) is 0 Å². The van der Waals surface area contributed by atoms with Crippen molar-refractivity contribution in [3.8, 4) is 17.5 Å². The molecule has 7 nitrogen and oxygen atoms in total. The van der Waals surface area contributed by atoms with Crippen LogP contribution in [0.3, 0.4) is 0 Å². The van der Waals surface area contributed by atoms with Crippen LogP contribution in [0.15, 0.2) is 33.9 Å². The van der Waals surface area contributed by atoms with E-state index in [1.807, 2.05) is 24.3 Å². The van der Waals surface area contributed by atoms with E-state index in [0.29, 0.717) is 18.3 Å². The van der Waals surface area contributed by atoms with Crippen LogP contribution >= 0.6 is 0 Å². The molecule has 98 valence electrons. The lowest BCUT2D eigenvalue weighted by atomic mass is 10.1. The summed E-state index contributed by atoms with van der Waals surface area (Å²) in [6.07, 6.45) is 1.55. The zero-order valence-corrected chi connectivity index (χ0v) is 10.5. The molecule has 2 aromatic rings. The summed E-state index contributed by atoms with van der Waals surface area (Å²) in [7, 11) is 0. The number of nitrogens with zero attached hydrogens (tertiary/aromatic N) is 6. The van der Waals surface area contributed by atoms with E-state index in [4.69, 9.17) is 15.3 Å². The predicted octanol–water partition coefficient (Wildman–Crippen LogP) is 3.10. The van der Waals surface area contributed by atoms with Gasteiger partial charge < -0.3 is 4.52 Å². The molecule has 3 rings (SSSR count). The van der Waals surface area contributed by atoms with Crippen molar-refractivity contribution in [2.45, 2.75) is 24.8 Å². The van der Waals surface area contributed by atoms with E-state index in [0.717, 1.165) is 24.0 Å². The van der Waals surface area contributed by atoms with Gasteiger partial charge in [-0.3, -0.25) is 0 Å². The second-order valence-electron chi connectivity index (χ2n) is 4.70. The van der Waals surface area contributed by atoms with Crippen molar-refractivity contribution >= 4 is 0 Å². The van der Waals surface area contributed by atoms with E-state index < -0.39 is 5.41 Å². The van der Waals surface area contributed by atoms with Gasteiger partial charge in [-0.15, -0.1) is 0 Å². The van der Waals surface area contributed by atoms with Crippen LogP contribution < -0.4 is 0 Å². The quantitative estimate of drug-likeness (QED) is 0.480. The maximum absolute atomic E-state index is 9.09. The minimum atomic E-state index is -0.563. The lowest BCUT2D eigenvalue weighted by molar-refractivity contribution is 0.365. The Kier molecular flexibility index (Phi) is 2.86. The van der Waals surface area contributed by atoms with Crippen LogP contribution in [0.4, 0.5) is 0 Å². The molecule has 0 amide bonds. The summed E-state index contributed by atoms with van der Waals surface area (Å²) in [4.78, 5) is 7.01. The summed E-state index contributed by atoms with van der Waals surface area (Å²) in [6.45, 7) is 0.311. The monoisotopic (exact) mass is 266 g/mol. The van der Waals surface area contributed by atoms with E-state index in [1.54, 1.807) is 0 Å². The van der Waals surface area contributed by atoms with E-state index in [1.165, 1.54) is 0 Å². The van der Waals surface area contributed by atoms with Crippen LogP contribution in [0.5, 0.6) is 0 Å². The molecule has 1 aromatic heterocycles. The van der Waals surface area contributed by atoms with Crippen LogP contribution in [0.25, 0.3) is 21.8 Å². The SMILES string of the molecule is N#CC1(c2nc(-c3ccc(CN=[N+]=[N-])cc3)no2)CC1. The molecule has 1 aliphatic carbocycles. The van der Waals surface area contributed by atoms with Gasteiger partial charge >= 0.3 is 0 Å². The molecule has 0 N–H and O–H groups in total. The van der Waals surface area contributed by atoms with Gasteiger partial charge in [-0.1, -0.05) is 34.5 Å². The topological polar surface area (TPSA) is 111 Å². The number of azide groups is 1. The highest BCUT2D eigenvalue weighted by atomic mass is 16.5. The Morgan fingerprint density at radius 1 is 1.40 bits per heavy atom. The summed E-state index contributed by atoms with van der Waals surface area (Å²) in [5, 5.41) is 16.5. The maximum Gasteiger partial charge on any atom is 0.247 e. The minimum Gasteiger partial charge on any atom is -0.337 e. The van der Waals surface area contributed by atoms with Crippen molar-refractivity contribution < 1.29 is 4.52 Å². The third kappa shape index (κ3) is 2.09. The first-order chi connectivity index (χ1) is 9.77. The molecular formula is C13H10N6O. The largest absolute Gasteiger partial charge is 0.337 e. The summed E-state index contributed by atoms with van der Waals surface area (Å²) in [6, 6.07) is 9.58. The molecular weight excluding hydrogens is 256 g/mol. The first kappa shape index (κ1) is 12.2. The number of aromatic nitrogens is 2. The van der Waals surface area contributed by atoms with Gasteiger partial charge in [0.1, 0.15) is 5.41 Å². The first-order valence-electron chi connectivity index (χ1n) is 6.13. The summed E-state index contributed by atoms with van der Waals surface area (Å²) >= 11 is 0. The van der Waals surface area contributed by atoms with E-state index in [-0.39, 0.29) is 0 Å². The zero-order valence-electron chi connectivity index (χ0n) is 10.5. The maximum atomic E-state index is 9.09. The van der Waals surface area contributed by atoms with E-state index in [2.05, 4.69) is 26.2 Å². The van der Waals surface area contributed by atoms with Gasteiger partial charge in [0.2, 0.25) is 11.7 Å². The molecule has 1 aromatic carbocycles. The average Bonchev–Trinajstić information content (AvgIpc) is 3.15. The second kappa shape index (κ2) is 4.68. The lowest BCUT2D eigenvalue weighted by Gasteiger charge is -1.97. The standard InChI is InChI=1S/C13H10N6O/c14-8-13(5-6-13)12-17-11(18-20-12)10-3-1-9(2-4-10)7-16-19-15/h1-4H,5-7H2. The van der Waals surface area contributed by atoms with Crippen molar-refractivity contribution in [1.29, 1.82) is 5.26 Å². The molecule has 1 saturated carbocycles. The fourth-order valence-corrected chi connectivity index (χ4v) is 1.91. The highest BCUT2D eigenvalue weighted by Crippen LogP contribution is 2.46. The number of hydrogen-bond acceptors (Lipinski definition) is 5. The predicted molar refractivity (Wildman–Crippen MR) is 69.1 cm³/mol. The molecule has 0 bridgehead atoms. The minimum absolute atomic E-state index is 0.311. The van der Waals surface area contributed by atoms with Crippen molar-refractivity contribution in [3.63, 3.8) is 0 Å². The number of nitriles is 1. The molecule has 7 heteroatoms. The smallest absolute Gasteiger partial charge is 0.247 e. The highest BCUT2D eigenvalue weighted by Gasteiger charge is 2.50. The molecule has 0 unspecified atom stereocenters. The molecule has 0 atom stereocenters. The van der Waals surface area contributed by atoms with Gasteiger partial charge in [0.15, 0.2) is 0 Å². The van der Waals surface area contributed by atoms with Crippen LogP contribution in [-0.4, -0.2) is 10.1 Å². The van der Waals surface area contributed by atoms with Gasteiger partial charge in [0.25, 0.3) is 0 Å². The number of hydrogen-bond donors (Lipinski definition) is 0. The van der Waals surface area contributed by atoms with Gasteiger partial charge in [-0.2, -0.15) is 10.2 Å². The molecule has 0 aliphatic heterocycles. The summed E-state index contributed by atoms with van der Waals surface area (Å²) < 4.78 is 5.18. The molecule has 1 fully saturated rings. The Morgan fingerprint density at radius 3 is 2.75 bits per heavy atom. The molecule has 0 spiro atoms. The first-order valence-corrected chi connectivity index (χ1v) is 6.13. The van der Waals surface area contributed by atoms with Gasteiger partial charge in [-0.25, -0.2) is 0 Å². The lowest BCUT2D eigenvalue weighted by Crippen LogP contribution is -2.02. The number of benzene rings is 1. The van der Waals surface area contributed by atoms with Crippen LogP contribution in [0, 0.1) is 11.3 Å². The van der Waals surface area contributed by atoms with Gasteiger partial charge in [-0.05, 0) is 23.9 Å². The Hall–Kier alpha value is -2.84. The fraction of sp³-hybridized carbons (Fsp3) is 0.308. The molecule has 1 heterocycles. The van der Waals surface area contributed by atoms with Crippen molar-refractivity contribution in [2.24, 2.45) is 5.11 Å². The fourth-order valence-electron chi connectivity index (χ4n) is 1.91. The Bertz CT molecular complexity index is 716. The van der Waals surface area contributed by atoms with Crippen LogP contribution in [0.1, 0.15) is 24.3 Å². The van der Waals surface area contributed by atoms with Crippen LogP contribution in [-0.2, 0) is 12.0 Å². The Balaban J connectivity index is 1.83. The summed E-state index contributed by atoms with van der Waals surface area (Å²) in [5.74, 6) is 0.866. The molecule has 0 radical (unpaired) electrons. The zero-order chi connectivity index (χ0) is 14.0. The summed E-state index contributed by atoms with van der Waals surface area (Å²) in [5.41, 5.74) is 9.42. The van der Waals surface area contributed by atoms with Crippen molar-refractivity contribution in [3.05, 3.63) is 46.2 Å². The van der Waals surface area contributed by atoms with Crippen molar-refractivity contribution in [1.82, 2.24) is 10.1 Å². The Labute approximate surface area is 114 Å². The van der Waals surface area contributed by atoms with Crippen LogP contribution in [0.2, 0.25) is 0 Å². The van der Waals surface area contributed by atoms with Gasteiger partial charge in [0.05, 0.1) is 12.6 Å². The molecule has 0 saturated heterocycles. The normalized spacial score (nSPS) is 15.2. The molecule has 1 aliphatic rings. The third-order valence-electron chi connectivity index (χ3n) is 3.33. The van der Waals surface area contributed by atoms with E-state index >= 15 is 0 Å². The number of rotatable bonds is 4. The van der Waals surface area contributed by atoms with Crippen molar-refractivity contribution in [2.75, 3.05) is 0 Å². The Morgan fingerprint density at radius 2 is 2.15 bits per heavy atom.